The summed E-state index contributed by atoms with van der Waals surface area (Å²) >= 11 is 0. The molecule has 0 aromatic heterocycles. The van der Waals surface area contributed by atoms with Crippen LogP contribution in [0.2, 0.25) is 0 Å². The molecule has 1 saturated heterocycles. The quantitative estimate of drug-likeness (QED) is 0.723. The standard InChI is InChI=1S/C15H21NO2/c1-2-13-6-8-14(9-7-13)18-12-4-11-16-10-3-5-15(16)17/h6-9H,2-5,10-12H2,1H3. The average molecular weight is 247 g/mol. The molecule has 0 aliphatic carbocycles. The highest BCUT2D eigenvalue weighted by Gasteiger charge is 2.18. The molecule has 18 heavy (non-hydrogen) atoms. The Morgan fingerprint density at radius 2 is 2.06 bits per heavy atom. The maximum absolute atomic E-state index is 11.4. The van der Waals surface area contributed by atoms with Crippen LogP contribution in [0.15, 0.2) is 24.3 Å². The minimum absolute atomic E-state index is 0.294. The second-order valence-corrected chi connectivity index (χ2v) is 4.68. The lowest BCUT2D eigenvalue weighted by Crippen LogP contribution is -2.26. The van der Waals surface area contributed by atoms with Gasteiger partial charge in [-0.25, -0.2) is 0 Å². The summed E-state index contributed by atoms with van der Waals surface area (Å²) in [7, 11) is 0. The predicted molar refractivity (Wildman–Crippen MR) is 71.7 cm³/mol. The number of hydrogen-bond acceptors (Lipinski definition) is 2. The third-order valence-electron chi connectivity index (χ3n) is 3.34. The van der Waals surface area contributed by atoms with E-state index in [1.54, 1.807) is 0 Å². The fourth-order valence-corrected chi connectivity index (χ4v) is 2.21. The highest BCUT2D eigenvalue weighted by Crippen LogP contribution is 2.13. The number of carbonyl (C=O) groups is 1. The minimum Gasteiger partial charge on any atom is -0.494 e. The van der Waals surface area contributed by atoms with Gasteiger partial charge in [0.1, 0.15) is 5.75 Å². The largest absolute Gasteiger partial charge is 0.494 e. The summed E-state index contributed by atoms with van der Waals surface area (Å²) < 4.78 is 5.66. The Kier molecular flexibility index (Phi) is 4.62. The number of hydrogen-bond donors (Lipinski definition) is 0. The number of amides is 1. The molecular weight excluding hydrogens is 226 g/mol. The molecule has 0 radical (unpaired) electrons. The summed E-state index contributed by atoms with van der Waals surface area (Å²) in [6.45, 7) is 4.56. The number of benzene rings is 1. The van der Waals surface area contributed by atoms with Gasteiger partial charge in [-0.05, 0) is 37.0 Å². The van der Waals surface area contributed by atoms with E-state index < -0.39 is 0 Å². The van der Waals surface area contributed by atoms with Crippen LogP contribution in [0.1, 0.15) is 31.7 Å². The van der Waals surface area contributed by atoms with Crippen LogP contribution in [0.25, 0.3) is 0 Å². The van der Waals surface area contributed by atoms with Gasteiger partial charge in [-0.15, -0.1) is 0 Å². The van der Waals surface area contributed by atoms with E-state index in [0.29, 0.717) is 12.5 Å². The summed E-state index contributed by atoms with van der Waals surface area (Å²) in [6.07, 6.45) is 3.69. The van der Waals surface area contributed by atoms with Crippen molar-refractivity contribution in [2.24, 2.45) is 0 Å². The van der Waals surface area contributed by atoms with E-state index in [4.69, 9.17) is 4.74 Å². The molecule has 1 fully saturated rings. The predicted octanol–water partition coefficient (Wildman–Crippen LogP) is 2.64. The van der Waals surface area contributed by atoms with Gasteiger partial charge in [-0.1, -0.05) is 19.1 Å². The second-order valence-electron chi connectivity index (χ2n) is 4.68. The van der Waals surface area contributed by atoms with Gasteiger partial charge in [0.05, 0.1) is 6.61 Å². The summed E-state index contributed by atoms with van der Waals surface area (Å²) in [6, 6.07) is 8.22. The molecule has 1 aromatic carbocycles. The zero-order chi connectivity index (χ0) is 12.8. The molecule has 2 rings (SSSR count). The third kappa shape index (κ3) is 3.49. The number of likely N-dealkylation sites (tertiary alicyclic amines) is 1. The maximum atomic E-state index is 11.4. The Morgan fingerprint density at radius 1 is 1.28 bits per heavy atom. The molecule has 0 N–H and O–H groups in total. The first-order valence-corrected chi connectivity index (χ1v) is 6.79. The first-order valence-electron chi connectivity index (χ1n) is 6.79. The normalized spacial score (nSPS) is 15.2. The molecule has 0 spiro atoms. The van der Waals surface area contributed by atoms with Crippen LogP contribution < -0.4 is 4.74 Å². The minimum atomic E-state index is 0.294. The Morgan fingerprint density at radius 3 is 2.67 bits per heavy atom. The molecule has 1 aromatic rings. The second kappa shape index (κ2) is 6.43. The topological polar surface area (TPSA) is 29.5 Å². The summed E-state index contributed by atoms with van der Waals surface area (Å²) in [4.78, 5) is 13.3. The monoisotopic (exact) mass is 247 g/mol. The third-order valence-corrected chi connectivity index (χ3v) is 3.34. The van der Waals surface area contributed by atoms with Crippen LogP contribution in [-0.2, 0) is 11.2 Å². The molecule has 98 valence electrons. The lowest BCUT2D eigenvalue weighted by atomic mass is 10.2. The van der Waals surface area contributed by atoms with E-state index in [2.05, 4.69) is 19.1 Å². The summed E-state index contributed by atoms with van der Waals surface area (Å²) in [5, 5.41) is 0. The van der Waals surface area contributed by atoms with Crippen molar-refractivity contribution in [3.05, 3.63) is 29.8 Å². The highest BCUT2D eigenvalue weighted by atomic mass is 16.5. The molecule has 0 bridgehead atoms. The van der Waals surface area contributed by atoms with Crippen molar-refractivity contribution < 1.29 is 9.53 Å². The van der Waals surface area contributed by atoms with Crippen LogP contribution in [0, 0.1) is 0 Å². The number of ether oxygens (including phenoxy) is 1. The van der Waals surface area contributed by atoms with Crippen LogP contribution in [0.5, 0.6) is 5.75 Å². The molecular formula is C15H21NO2. The zero-order valence-corrected chi connectivity index (χ0v) is 11.0. The van der Waals surface area contributed by atoms with E-state index >= 15 is 0 Å². The SMILES string of the molecule is CCc1ccc(OCCCN2CCCC2=O)cc1. The number of rotatable bonds is 6. The fraction of sp³-hybridized carbons (Fsp3) is 0.533. The molecule has 3 heteroatoms. The smallest absolute Gasteiger partial charge is 0.222 e. The molecule has 0 saturated carbocycles. The highest BCUT2D eigenvalue weighted by molar-refractivity contribution is 5.77. The van der Waals surface area contributed by atoms with Gasteiger partial charge in [-0.2, -0.15) is 0 Å². The van der Waals surface area contributed by atoms with Gasteiger partial charge in [0.25, 0.3) is 0 Å². The molecule has 1 aliphatic heterocycles. The van der Waals surface area contributed by atoms with Gasteiger partial charge in [-0.3, -0.25) is 4.79 Å². The molecule has 1 heterocycles. The molecule has 0 unspecified atom stereocenters. The van der Waals surface area contributed by atoms with Crippen molar-refractivity contribution in [2.45, 2.75) is 32.6 Å². The van der Waals surface area contributed by atoms with E-state index in [1.807, 2.05) is 17.0 Å². The number of aryl methyl sites for hydroxylation is 1. The van der Waals surface area contributed by atoms with Crippen molar-refractivity contribution in [3.8, 4) is 5.75 Å². The first kappa shape index (κ1) is 12.9. The van der Waals surface area contributed by atoms with Crippen molar-refractivity contribution in [3.63, 3.8) is 0 Å². The Labute approximate surface area is 109 Å². The van der Waals surface area contributed by atoms with Gasteiger partial charge in [0.15, 0.2) is 0 Å². The van der Waals surface area contributed by atoms with Gasteiger partial charge in [0, 0.05) is 19.5 Å². The van der Waals surface area contributed by atoms with Crippen LogP contribution in [0.4, 0.5) is 0 Å². The van der Waals surface area contributed by atoms with Gasteiger partial charge >= 0.3 is 0 Å². The average Bonchev–Trinajstić information content (AvgIpc) is 2.81. The van der Waals surface area contributed by atoms with Crippen molar-refractivity contribution in [2.75, 3.05) is 19.7 Å². The fourth-order valence-electron chi connectivity index (χ4n) is 2.21. The van der Waals surface area contributed by atoms with Gasteiger partial charge in [0.2, 0.25) is 5.91 Å². The maximum Gasteiger partial charge on any atom is 0.222 e. The van der Waals surface area contributed by atoms with Gasteiger partial charge < -0.3 is 9.64 Å². The van der Waals surface area contributed by atoms with Crippen LogP contribution in [-0.4, -0.2) is 30.5 Å². The zero-order valence-electron chi connectivity index (χ0n) is 11.0. The van der Waals surface area contributed by atoms with Crippen LogP contribution in [0.3, 0.4) is 0 Å². The summed E-state index contributed by atoms with van der Waals surface area (Å²) in [5.74, 6) is 1.21. The number of carbonyl (C=O) groups excluding carboxylic acids is 1. The summed E-state index contributed by atoms with van der Waals surface area (Å²) in [5.41, 5.74) is 1.32. The molecule has 1 amide bonds. The lowest BCUT2D eigenvalue weighted by Gasteiger charge is -2.15. The Hall–Kier alpha value is -1.51. The van der Waals surface area contributed by atoms with E-state index in [9.17, 15) is 4.79 Å². The van der Waals surface area contributed by atoms with Crippen LogP contribution >= 0.6 is 0 Å². The number of nitrogens with zero attached hydrogens (tertiary/aromatic N) is 1. The molecule has 3 nitrogen and oxygen atoms in total. The van der Waals surface area contributed by atoms with Crippen molar-refractivity contribution in [1.82, 2.24) is 4.90 Å². The van der Waals surface area contributed by atoms with E-state index in [0.717, 1.165) is 44.5 Å². The molecule has 0 atom stereocenters. The Balaban J connectivity index is 1.66. The molecule has 1 aliphatic rings. The van der Waals surface area contributed by atoms with Crippen molar-refractivity contribution >= 4 is 5.91 Å². The van der Waals surface area contributed by atoms with E-state index in [1.165, 1.54) is 5.56 Å². The van der Waals surface area contributed by atoms with E-state index in [-0.39, 0.29) is 0 Å². The Bertz CT molecular complexity index is 386. The van der Waals surface area contributed by atoms with Crippen molar-refractivity contribution in [1.29, 1.82) is 0 Å². The first-order chi connectivity index (χ1) is 8.79. The lowest BCUT2D eigenvalue weighted by molar-refractivity contribution is -0.127.